The highest BCUT2D eigenvalue weighted by Crippen LogP contribution is 2.40. The SMILES string of the molecule is COc1ccccc1N1C(=O)/C(=C/c2ccc(-c3ccc(Cl)cc3Cl)o2)SC1=S. The molecule has 2 aromatic carbocycles. The molecule has 0 saturated carbocycles. The Labute approximate surface area is 187 Å². The molecule has 0 N–H and O–H groups in total. The van der Waals surface area contributed by atoms with Crippen LogP contribution in [0.2, 0.25) is 10.0 Å². The van der Waals surface area contributed by atoms with Crippen molar-refractivity contribution in [1.29, 1.82) is 0 Å². The number of hydrogen-bond acceptors (Lipinski definition) is 5. The zero-order valence-corrected chi connectivity index (χ0v) is 18.2. The van der Waals surface area contributed by atoms with Crippen LogP contribution in [0.1, 0.15) is 5.76 Å². The molecule has 0 atom stereocenters. The second kappa shape index (κ2) is 8.24. The number of furan rings is 1. The van der Waals surface area contributed by atoms with E-state index in [-0.39, 0.29) is 5.91 Å². The Morgan fingerprint density at radius 1 is 1.14 bits per heavy atom. The lowest BCUT2D eigenvalue weighted by Gasteiger charge is -2.17. The Morgan fingerprint density at radius 2 is 1.93 bits per heavy atom. The van der Waals surface area contributed by atoms with Crippen LogP contribution in [-0.4, -0.2) is 17.3 Å². The number of benzene rings is 2. The maximum absolute atomic E-state index is 13.0. The first-order valence-electron chi connectivity index (χ1n) is 8.44. The maximum Gasteiger partial charge on any atom is 0.271 e. The van der Waals surface area contributed by atoms with E-state index in [1.807, 2.05) is 12.1 Å². The molecule has 1 amide bonds. The molecule has 1 aliphatic rings. The Balaban J connectivity index is 1.64. The number of rotatable bonds is 4. The van der Waals surface area contributed by atoms with Crippen molar-refractivity contribution >= 4 is 69.2 Å². The number of thioether (sulfide) groups is 1. The number of carbonyl (C=O) groups is 1. The highest BCUT2D eigenvalue weighted by atomic mass is 35.5. The summed E-state index contributed by atoms with van der Waals surface area (Å²) in [5, 5.41) is 1.03. The molecule has 4 nitrogen and oxygen atoms in total. The summed E-state index contributed by atoms with van der Waals surface area (Å²) in [5.41, 5.74) is 1.33. The topological polar surface area (TPSA) is 42.7 Å². The van der Waals surface area contributed by atoms with Gasteiger partial charge in [0.15, 0.2) is 4.32 Å². The van der Waals surface area contributed by atoms with Crippen LogP contribution in [0.25, 0.3) is 17.4 Å². The van der Waals surface area contributed by atoms with E-state index in [1.165, 1.54) is 16.7 Å². The minimum atomic E-state index is -0.230. The molecule has 0 radical (unpaired) electrons. The Morgan fingerprint density at radius 3 is 2.69 bits per heavy atom. The third-order valence-electron chi connectivity index (χ3n) is 4.22. The molecule has 0 spiro atoms. The molecule has 0 aliphatic carbocycles. The van der Waals surface area contributed by atoms with E-state index >= 15 is 0 Å². The molecular formula is C21H13Cl2NO3S2. The average Bonchev–Trinajstić information content (AvgIpc) is 3.26. The lowest BCUT2D eigenvalue weighted by atomic mass is 10.2. The smallest absolute Gasteiger partial charge is 0.271 e. The van der Waals surface area contributed by atoms with Crippen LogP contribution in [0.5, 0.6) is 5.75 Å². The Kier molecular flexibility index (Phi) is 5.69. The van der Waals surface area contributed by atoms with Crippen LogP contribution in [0.3, 0.4) is 0 Å². The van der Waals surface area contributed by atoms with E-state index in [9.17, 15) is 4.79 Å². The van der Waals surface area contributed by atoms with Crippen LogP contribution in [0, 0.1) is 0 Å². The number of nitrogens with zero attached hydrogens (tertiary/aromatic N) is 1. The van der Waals surface area contributed by atoms with Crippen molar-refractivity contribution in [3.8, 4) is 17.1 Å². The zero-order chi connectivity index (χ0) is 20.5. The fourth-order valence-electron chi connectivity index (χ4n) is 2.88. The molecule has 0 unspecified atom stereocenters. The predicted octanol–water partition coefficient (Wildman–Crippen LogP) is 6.67. The summed E-state index contributed by atoms with van der Waals surface area (Å²) < 4.78 is 11.7. The molecule has 1 fully saturated rings. The Bertz CT molecular complexity index is 1160. The van der Waals surface area contributed by atoms with Crippen LogP contribution in [-0.2, 0) is 4.79 Å². The molecule has 146 valence electrons. The molecule has 0 bridgehead atoms. The number of hydrogen-bond donors (Lipinski definition) is 0. The molecule has 1 saturated heterocycles. The van der Waals surface area contributed by atoms with Crippen LogP contribution in [0.15, 0.2) is 63.9 Å². The lowest BCUT2D eigenvalue weighted by Crippen LogP contribution is -2.27. The minimum absolute atomic E-state index is 0.230. The van der Waals surface area contributed by atoms with Crippen molar-refractivity contribution in [2.75, 3.05) is 12.0 Å². The van der Waals surface area contributed by atoms with Crippen LogP contribution < -0.4 is 9.64 Å². The number of halogens is 2. The van der Waals surface area contributed by atoms with E-state index in [4.69, 9.17) is 44.6 Å². The Hall–Kier alpha value is -2.25. The van der Waals surface area contributed by atoms with Crippen molar-refractivity contribution in [3.05, 3.63) is 75.3 Å². The maximum atomic E-state index is 13.0. The number of carbonyl (C=O) groups excluding carboxylic acids is 1. The molecule has 4 rings (SSSR count). The van der Waals surface area contributed by atoms with Crippen molar-refractivity contribution in [2.24, 2.45) is 0 Å². The highest BCUT2D eigenvalue weighted by molar-refractivity contribution is 8.27. The third kappa shape index (κ3) is 3.94. The molecule has 1 aromatic heterocycles. The summed E-state index contributed by atoms with van der Waals surface area (Å²) in [6, 6.07) is 16.0. The molecule has 29 heavy (non-hydrogen) atoms. The van der Waals surface area contributed by atoms with E-state index in [1.54, 1.807) is 55.7 Å². The van der Waals surface area contributed by atoms with Gasteiger partial charge in [0.25, 0.3) is 5.91 Å². The summed E-state index contributed by atoms with van der Waals surface area (Å²) >= 11 is 18.8. The summed E-state index contributed by atoms with van der Waals surface area (Å²) in [5.74, 6) is 1.44. The van der Waals surface area contributed by atoms with Crippen molar-refractivity contribution < 1.29 is 13.9 Å². The molecular weight excluding hydrogens is 449 g/mol. The van der Waals surface area contributed by atoms with Gasteiger partial charge in [0.2, 0.25) is 0 Å². The van der Waals surface area contributed by atoms with Gasteiger partial charge in [-0.15, -0.1) is 0 Å². The second-order valence-electron chi connectivity index (χ2n) is 6.02. The van der Waals surface area contributed by atoms with Gasteiger partial charge in [0, 0.05) is 16.7 Å². The summed E-state index contributed by atoms with van der Waals surface area (Å²) in [7, 11) is 1.55. The zero-order valence-electron chi connectivity index (χ0n) is 15.0. The monoisotopic (exact) mass is 461 g/mol. The van der Waals surface area contributed by atoms with Gasteiger partial charge in [-0.1, -0.05) is 59.3 Å². The lowest BCUT2D eigenvalue weighted by molar-refractivity contribution is -0.113. The number of amides is 1. The first-order valence-corrected chi connectivity index (χ1v) is 10.4. The van der Waals surface area contributed by atoms with E-state index in [0.29, 0.717) is 42.2 Å². The molecule has 3 aromatic rings. The van der Waals surface area contributed by atoms with Gasteiger partial charge in [0.1, 0.15) is 17.3 Å². The first kappa shape index (κ1) is 20.0. The van der Waals surface area contributed by atoms with E-state index in [0.717, 1.165) is 5.56 Å². The van der Waals surface area contributed by atoms with Gasteiger partial charge < -0.3 is 9.15 Å². The van der Waals surface area contributed by atoms with Gasteiger partial charge in [-0.25, -0.2) is 0 Å². The predicted molar refractivity (Wildman–Crippen MR) is 123 cm³/mol. The van der Waals surface area contributed by atoms with E-state index < -0.39 is 0 Å². The standard InChI is InChI=1S/C21H13Cl2NO3S2/c1-26-18-5-3-2-4-16(18)24-20(25)19(29-21(24)28)11-13-7-9-17(27-13)14-8-6-12(22)10-15(14)23/h2-11H,1H3/b19-11-. The molecule has 2 heterocycles. The van der Waals surface area contributed by atoms with Crippen molar-refractivity contribution in [3.63, 3.8) is 0 Å². The van der Waals surface area contributed by atoms with Crippen molar-refractivity contribution in [2.45, 2.75) is 0 Å². The number of para-hydroxylation sites is 2. The fraction of sp³-hybridized carbons (Fsp3) is 0.0476. The quantitative estimate of drug-likeness (QED) is 0.320. The van der Waals surface area contributed by atoms with Gasteiger partial charge in [0.05, 0.1) is 22.7 Å². The van der Waals surface area contributed by atoms with Gasteiger partial charge in [-0.3, -0.25) is 9.69 Å². The summed E-state index contributed by atoms with van der Waals surface area (Å²) in [6.45, 7) is 0. The van der Waals surface area contributed by atoms with Gasteiger partial charge in [-0.05, 0) is 42.5 Å². The molecule has 1 aliphatic heterocycles. The number of methoxy groups -OCH3 is 1. The first-order chi connectivity index (χ1) is 14.0. The van der Waals surface area contributed by atoms with Crippen molar-refractivity contribution in [1.82, 2.24) is 0 Å². The molecule has 8 heteroatoms. The number of ether oxygens (including phenoxy) is 1. The van der Waals surface area contributed by atoms with Crippen LogP contribution in [0.4, 0.5) is 5.69 Å². The largest absolute Gasteiger partial charge is 0.495 e. The third-order valence-corrected chi connectivity index (χ3v) is 6.07. The second-order valence-corrected chi connectivity index (χ2v) is 8.53. The van der Waals surface area contributed by atoms with E-state index in [2.05, 4.69) is 0 Å². The number of anilines is 1. The van der Waals surface area contributed by atoms with Gasteiger partial charge >= 0.3 is 0 Å². The average molecular weight is 462 g/mol. The highest BCUT2D eigenvalue weighted by Gasteiger charge is 2.35. The fourth-order valence-corrected chi connectivity index (χ4v) is 4.65. The van der Waals surface area contributed by atoms with Gasteiger partial charge in [-0.2, -0.15) is 0 Å². The van der Waals surface area contributed by atoms with Crippen LogP contribution >= 0.6 is 47.2 Å². The number of thiocarbonyl (C=S) groups is 1. The minimum Gasteiger partial charge on any atom is -0.495 e. The summed E-state index contributed by atoms with van der Waals surface area (Å²) in [4.78, 5) is 14.9. The summed E-state index contributed by atoms with van der Waals surface area (Å²) in [6.07, 6.45) is 1.67. The normalized spacial score (nSPS) is 15.4.